The lowest BCUT2D eigenvalue weighted by Gasteiger charge is -2.08. The lowest BCUT2D eigenvalue weighted by molar-refractivity contribution is 0.651. The molecule has 0 fully saturated rings. The number of aryl methyl sites for hydroxylation is 1. The van der Waals surface area contributed by atoms with Crippen molar-refractivity contribution in [3.05, 3.63) is 12.0 Å². The Labute approximate surface area is 80.0 Å². The Bertz CT molecular complexity index is 265. The highest BCUT2D eigenvalue weighted by Gasteiger charge is 2.12. The maximum atomic E-state index is 5.95. The number of nitrogen functional groups attached to an aromatic ring is 1. The summed E-state index contributed by atoms with van der Waals surface area (Å²) in [6.45, 7) is 7.34. The molecular weight excluding hydrogens is 162 g/mol. The highest BCUT2D eigenvalue weighted by atomic mass is 15.1. The monoisotopic (exact) mass is 181 g/mol. The van der Waals surface area contributed by atoms with Crippen LogP contribution in [0.4, 0.5) is 5.82 Å². The fraction of sp³-hybridized carbons (Fsp3) is 0.700. The van der Waals surface area contributed by atoms with E-state index in [1.165, 1.54) is 6.42 Å². The molecule has 13 heavy (non-hydrogen) atoms. The van der Waals surface area contributed by atoms with Crippen molar-refractivity contribution in [3.63, 3.8) is 0 Å². The second-order valence-corrected chi connectivity index (χ2v) is 3.49. The zero-order valence-electron chi connectivity index (χ0n) is 8.75. The molecule has 0 aromatic carbocycles. The van der Waals surface area contributed by atoms with Crippen LogP contribution in [0.15, 0.2) is 6.33 Å². The maximum absolute atomic E-state index is 5.95. The molecule has 0 amide bonds. The minimum atomic E-state index is 0.484. The molecule has 1 atom stereocenters. The summed E-state index contributed by atoms with van der Waals surface area (Å²) in [6.07, 6.45) is 4.17. The van der Waals surface area contributed by atoms with Crippen molar-refractivity contribution in [2.75, 3.05) is 5.73 Å². The molecule has 3 heteroatoms. The van der Waals surface area contributed by atoms with Gasteiger partial charge in [0.2, 0.25) is 0 Å². The minimum absolute atomic E-state index is 0.484. The number of hydrogen-bond acceptors (Lipinski definition) is 2. The summed E-state index contributed by atoms with van der Waals surface area (Å²) in [6, 6.07) is 0. The molecule has 0 aliphatic heterocycles. The van der Waals surface area contributed by atoms with E-state index < -0.39 is 0 Å². The van der Waals surface area contributed by atoms with Gasteiger partial charge in [-0.05, 0) is 13.3 Å². The second kappa shape index (κ2) is 4.30. The van der Waals surface area contributed by atoms with Gasteiger partial charge in [0.1, 0.15) is 5.82 Å². The number of imidazole rings is 1. The molecule has 0 radical (unpaired) electrons. The van der Waals surface area contributed by atoms with Crippen molar-refractivity contribution in [1.82, 2.24) is 9.55 Å². The Hall–Kier alpha value is -0.990. The number of nitrogens with two attached hydrogens (primary N) is 1. The van der Waals surface area contributed by atoms with Crippen LogP contribution in [0.5, 0.6) is 0 Å². The third-order valence-corrected chi connectivity index (χ3v) is 2.44. The van der Waals surface area contributed by atoms with E-state index in [0.717, 1.165) is 24.5 Å². The second-order valence-electron chi connectivity index (χ2n) is 3.49. The number of hydrogen-bond donors (Lipinski definition) is 1. The van der Waals surface area contributed by atoms with E-state index in [9.17, 15) is 0 Å². The number of nitrogens with zero attached hydrogens (tertiary/aromatic N) is 2. The van der Waals surface area contributed by atoms with Gasteiger partial charge in [-0.25, -0.2) is 4.98 Å². The van der Waals surface area contributed by atoms with E-state index in [1.807, 2.05) is 10.9 Å². The van der Waals surface area contributed by atoms with Crippen LogP contribution in [0.3, 0.4) is 0 Å². The predicted molar refractivity (Wildman–Crippen MR) is 55.6 cm³/mol. The van der Waals surface area contributed by atoms with Gasteiger partial charge in [-0.15, -0.1) is 0 Å². The van der Waals surface area contributed by atoms with Gasteiger partial charge in [0.15, 0.2) is 0 Å². The average Bonchev–Trinajstić information content (AvgIpc) is 2.47. The molecule has 0 aliphatic rings. The summed E-state index contributed by atoms with van der Waals surface area (Å²) < 4.78 is 1.99. The standard InChI is InChI=1S/C10H19N3/c1-4-6-8(3)9-10(11)13(5-2)7-12-9/h7-8H,4-6,11H2,1-3H3. The summed E-state index contributed by atoms with van der Waals surface area (Å²) in [5.74, 6) is 1.32. The number of anilines is 1. The van der Waals surface area contributed by atoms with Crippen molar-refractivity contribution >= 4 is 5.82 Å². The van der Waals surface area contributed by atoms with Gasteiger partial charge >= 0.3 is 0 Å². The summed E-state index contributed by atoms with van der Waals surface area (Å²) in [4.78, 5) is 4.34. The molecule has 0 saturated heterocycles. The van der Waals surface area contributed by atoms with Gasteiger partial charge in [0.25, 0.3) is 0 Å². The highest BCUT2D eigenvalue weighted by Crippen LogP contribution is 2.24. The zero-order valence-corrected chi connectivity index (χ0v) is 8.75. The minimum Gasteiger partial charge on any atom is -0.384 e. The smallest absolute Gasteiger partial charge is 0.126 e. The fourth-order valence-corrected chi connectivity index (χ4v) is 1.61. The Morgan fingerprint density at radius 1 is 1.54 bits per heavy atom. The molecule has 0 spiro atoms. The van der Waals surface area contributed by atoms with Crippen molar-refractivity contribution in [2.45, 2.75) is 46.1 Å². The Morgan fingerprint density at radius 2 is 2.23 bits per heavy atom. The molecule has 1 unspecified atom stereocenters. The van der Waals surface area contributed by atoms with E-state index in [0.29, 0.717) is 5.92 Å². The van der Waals surface area contributed by atoms with Gasteiger partial charge < -0.3 is 10.3 Å². The lowest BCUT2D eigenvalue weighted by Crippen LogP contribution is -2.03. The first-order valence-corrected chi connectivity index (χ1v) is 5.01. The van der Waals surface area contributed by atoms with E-state index in [4.69, 9.17) is 5.73 Å². The Balaban J connectivity index is 2.82. The first-order chi connectivity index (χ1) is 6.20. The largest absolute Gasteiger partial charge is 0.384 e. The van der Waals surface area contributed by atoms with Crippen LogP contribution in [-0.2, 0) is 6.54 Å². The number of rotatable bonds is 4. The zero-order chi connectivity index (χ0) is 9.84. The van der Waals surface area contributed by atoms with Gasteiger partial charge in [0.05, 0.1) is 12.0 Å². The van der Waals surface area contributed by atoms with Crippen LogP contribution < -0.4 is 5.73 Å². The third-order valence-electron chi connectivity index (χ3n) is 2.44. The lowest BCUT2D eigenvalue weighted by atomic mass is 10.0. The van der Waals surface area contributed by atoms with Crippen LogP contribution in [-0.4, -0.2) is 9.55 Å². The molecule has 1 aromatic heterocycles. The number of aromatic nitrogens is 2. The molecule has 2 N–H and O–H groups in total. The van der Waals surface area contributed by atoms with Crippen LogP contribution in [0.2, 0.25) is 0 Å². The first kappa shape index (κ1) is 10.1. The van der Waals surface area contributed by atoms with Gasteiger partial charge in [0, 0.05) is 12.5 Å². The third kappa shape index (κ3) is 2.02. The average molecular weight is 181 g/mol. The van der Waals surface area contributed by atoms with Crippen molar-refractivity contribution in [3.8, 4) is 0 Å². The Morgan fingerprint density at radius 3 is 2.69 bits per heavy atom. The molecule has 74 valence electrons. The first-order valence-electron chi connectivity index (χ1n) is 5.01. The summed E-state index contributed by atoms with van der Waals surface area (Å²) in [5, 5.41) is 0. The summed E-state index contributed by atoms with van der Waals surface area (Å²) in [5.41, 5.74) is 7.00. The normalized spacial score (nSPS) is 13.2. The highest BCUT2D eigenvalue weighted by molar-refractivity contribution is 5.38. The molecule has 3 nitrogen and oxygen atoms in total. The van der Waals surface area contributed by atoms with Crippen molar-refractivity contribution < 1.29 is 0 Å². The van der Waals surface area contributed by atoms with Gasteiger partial charge in [-0.2, -0.15) is 0 Å². The molecule has 0 bridgehead atoms. The van der Waals surface area contributed by atoms with Crippen LogP contribution in [0.25, 0.3) is 0 Å². The predicted octanol–water partition coefficient (Wildman–Crippen LogP) is 2.39. The van der Waals surface area contributed by atoms with E-state index in [2.05, 4.69) is 25.8 Å². The van der Waals surface area contributed by atoms with E-state index >= 15 is 0 Å². The molecule has 0 saturated carbocycles. The topological polar surface area (TPSA) is 43.8 Å². The van der Waals surface area contributed by atoms with E-state index in [-0.39, 0.29) is 0 Å². The van der Waals surface area contributed by atoms with Crippen LogP contribution >= 0.6 is 0 Å². The van der Waals surface area contributed by atoms with Crippen LogP contribution in [0.1, 0.15) is 45.2 Å². The summed E-state index contributed by atoms with van der Waals surface area (Å²) in [7, 11) is 0. The van der Waals surface area contributed by atoms with Gasteiger partial charge in [-0.1, -0.05) is 20.3 Å². The van der Waals surface area contributed by atoms with Crippen molar-refractivity contribution in [2.24, 2.45) is 0 Å². The van der Waals surface area contributed by atoms with E-state index in [1.54, 1.807) is 0 Å². The molecule has 0 aliphatic carbocycles. The maximum Gasteiger partial charge on any atom is 0.126 e. The Kier molecular flexibility index (Phi) is 3.34. The SMILES string of the molecule is CCCC(C)c1ncn(CC)c1N. The molecule has 1 heterocycles. The fourth-order valence-electron chi connectivity index (χ4n) is 1.61. The molecular formula is C10H19N3. The summed E-state index contributed by atoms with van der Waals surface area (Å²) >= 11 is 0. The van der Waals surface area contributed by atoms with Gasteiger partial charge in [-0.3, -0.25) is 0 Å². The van der Waals surface area contributed by atoms with Crippen molar-refractivity contribution in [1.29, 1.82) is 0 Å². The van der Waals surface area contributed by atoms with Crippen LogP contribution in [0, 0.1) is 0 Å². The quantitative estimate of drug-likeness (QED) is 0.775. The molecule has 1 rings (SSSR count). The molecule has 1 aromatic rings.